The van der Waals surface area contributed by atoms with E-state index >= 15 is 0 Å². The summed E-state index contributed by atoms with van der Waals surface area (Å²) in [6.45, 7) is 1.10. The number of nitrogens with zero attached hydrogens (tertiary/aromatic N) is 1. The number of aryl methyl sites for hydroxylation is 1. The largest absolute Gasteiger partial charge is 0.362 e. The minimum absolute atomic E-state index is 0.137. The molecule has 1 aliphatic rings. The van der Waals surface area contributed by atoms with Gasteiger partial charge in [-0.2, -0.15) is 0 Å². The molecule has 4 rings (SSSR count). The van der Waals surface area contributed by atoms with Gasteiger partial charge in [-0.25, -0.2) is 0 Å². The van der Waals surface area contributed by atoms with Crippen LogP contribution in [-0.4, -0.2) is 24.9 Å². The predicted molar refractivity (Wildman–Crippen MR) is 116 cm³/mol. The molecule has 0 fully saturated rings. The van der Waals surface area contributed by atoms with Crippen LogP contribution in [0.15, 0.2) is 78.9 Å². The van der Waals surface area contributed by atoms with Gasteiger partial charge in [0, 0.05) is 17.9 Å². The summed E-state index contributed by atoms with van der Waals surface area (Å²) in [7, 11) is 0. The van der Waals surface area contributed by atoms with Crippen molar-refractivity contribution in [2.45, 2.75) is 12.8 Å². The quantitative estimate of drug-likeness (QED) is 0.687. The minimum Gasteiger partial charge on any atom is -0.362 e. The van der Waals surface area contributed by atoms with Crippen molar-refractivity contribution in [1.29, 1.82) is 0 Å². The van der Waals surface area contributed by atoms with Crippen molar-refractivity contribution in [1.82, 2.24) is 0 Å². The van der Waals surface area contributed by atoms with E-state index < -0.39 is 0 Å². The Morgan fingerprint density at radius 2 is 1.55 bits per heavy atom. The molecule has 0 unspecified atom stereocenters. The molecule has 0 radical (unpaired) electrons. The van der Waals surface area contributed by atoms with Gasteiger partial charge in [0.05, 0.1) is 17.8 Å². The molecule has 0 atom stereocenters. The van der Waals surface area contributed by atoms with E-state index in [2.05, 4.69) is 27.7 Å². The van der Waals surface area contributed by atoms with Crippen LogP contribution in [0.4, 0.5) is 17.1 Å². The van der Waals surface area contributed by atoms with Crippen LogP contribution in [0, 0.1) is 0 Å². The van der Waals surface area contributed by atoms with E-state index in [1.807, 2.05) is 48.5 Å². The summed E-state index contributed by atoms with van der Waals surface area (Å²) in [4.78, 5) is 27.5. The Morgan fingerprint density at radius 1 is 0.828 bits per heavy atom. The van der Waals surface area contributed by atoms with Gasteiger partial charge >= 0.3 is 0 Å². The van der Waals surface area contributed by atoms with Crippen molar-refractivity contribution in [3.8, 4) is 0 Å². The molecule has 0 aliphatic carbocycles. The molecule has 1 aliphatic heterocycles. The summed E-state index contributed by atoms with van der Waals surface area (Å²) >= 11 is 0. The van der Waals surface area contributed by atoms with Crippen LogP contribution in [0.5, 0.6) is 0 Å². The molecule has 29 heavy (non-hydrogen) atoms. The average molecular weight is 385 g/mol. The molecular weight excluding hydrogens is 362 g/mol. The molecule has 0 spiro atoms. The van der Waals surface area contributed by atoms with Gasteiger partial charge < -0.3 is 15.5 Å². The molecule has 5 heteroatoms. The Bertz CT molecular complexity index is 1020. The lowest BCUT2D eigenvalue weighted by Crippen LogP contribution is -2.37. The van der Waals surface area contributed by atoms with E-state index in [0.717, 1.165) is 25.1 Å². The van der Waals surface area contributed by atoms with Crippen LogP contribution >= 0.6 is 0 Å². The smallest absolute Gasteiger partial charge is 0.257 e. The number of benzene rings is 3. The first kappa shape index (κ1) is 18.7. The maximum atomic E-state index is 12.7. The van der Waals surface area contributed by atoms with Crippen LogP contribution in [-0.2, 0) is 11.2 Å². The first-order valence-electron chi connectivity index (χ1n) is 9.79. The minimum atomic E-state index is -0.254. The molecule has 1 heterocycles. The number of amides is 2. The number of carbonyl (C=O) groups is 2. The lowest BCUT2D eigenvalue weighted by Gasteiger charge is -2.30. The average Bonchev–Trinajstić information content (AvgIpc) is 2.75. The lowest BCUT2D eigenvalue weighted by molar-refractivity contribution is -0.115. The van der Waals surface area contributed by atoms with Crippen LogP contribution in [0.3, 0.4) is 0 Å². The highest BCUT2D eigenvalue weighted by molar-refractivity contribution is 6.10. The van der Waals surface area contributed by atoms with E-state index in [-0.39, 0.29) is 18.4 Å². The SMILES string of the molecule is O=C(CN1CCCc2ccccc21)Nc1ccccc1C(=O)Nc1ccccc1. The number of rotatable bonds is 5. The zero-order valence-electron chi connectivity index (χ0n) is 16.1. The Hall–Kier alpha value is -3.60. The molecular formula is C24H23N3O2. The van der Waals surface area contributed by atoms with Crippen LogP contribution in [0.25, 0.3) is 0 Å². The summed E-state index contributed by atoms with van der Waals surface area (Å²) in [5.41, 5.74) is 4.04. The second-order valence-corrected chi connectivity index (χ2v) is 7.07. The van der Waals surface area contributed by atoms with Gasteiger partial charge in [-0.1, -0.05) is 48.5 Å². The molecule has 0 bridgehead atoms. The summed E-state index contributed by atoms with van der Waals surface area (Å²) < 4.78 is 0. The number of nitrogens with one attached hydrogen (secondary N) is 2. The summed E-state index contributed by atoms with van der Waals surface area (Å²) in [5.74, 6) is -0.392. The Labute approximate surface area is 170 Å². The van der Waals surface area contributed by atoms with Crippen molar-refractivity contribution >= 4 is 28.9 Å². The molecule has 2 amide bonds. The van der Waals surface area contributed by atoms with Gasteiger partial charge in [-0.05, 0) is 48.7 Å². The summed E-state index contributed by atoms with van der Waals surface area (Å²) in [5, 5.41) is 5.78. The zero-order chi connectivity index (χ0) is 20.1. The Kier molecular flexibility index (Phi) is 5.56. The van der Waals surface area contributed by atoms with Crippen molar-refractivity contribution in [2.75, 3.05) is 28.6 Å². The number of hydrogen-bond acceptors (Lipinski definition) is 3. The molecule has 0 aromatic heterocycles. The summed E-state index contributed by atoms with van der Waals surface area (Å²) in [6.07, 6.45) is 2.07. The molecule has 3 aromatic rings. The van der Waals surface area contributed by atoms with Gasteiger partial charge in [-0.15, -0.1) is 0 Å². The van der Waals surface area contributed by atoms with Crippen molar-refractivity contribution in [3.63, 3.8) is 0 Å². The lowest BCUT2D eigenvalue weighted by atomic mass is 10.0. The first-order valence-corrected chi connectivity index (χ1v) is 9.79. The maximum Gasteiger partial charge on any atom is 0.257 e. The Morgan fingerprint density at radius 3 is 2.41 bits per heavy atom. The number of carbonyl (C=O) groups excluding carboxylic acids is 2. The predicted octanol–water partition coefficient (Wildman–Crippen LogP) is 4.33. The zero-order valence-corrected chi connectivity index (χ0v) is 16.1. The fourth-order valence-corrected chi connectivity index (χ4v) is 3.65. The third-order valence-corrected chi connectivity index (χ3v) is 5.02. The standard InChI is InChI=1S/C24H23N3O2/c28-23(17-27-16-8-10-18-9-4-7-15-22(18)27)26-21-14-6-5-13-20(21)24(29)25-19-11-2-1-3-12-19/h1-7,9,11-15H,8,10,16-17H2,(H,25,29)(H,26,28). The normalized spacial score (nSPS) is 12.8. The molecule has 3 aromatic carbocycles. The van der Waals surface area contributed by atoms with Gasteiger partial charge in [0.1, 0.15) is 0 Å². The van der Waals surface area contributed by atoms with E-state index in [4.69, 9.17) is 0 Å². The highest BCUT2D eigenvalue weighted by Crippen LogP contribution is 2.26. The topological polar surface area (TPSA) is 61.4 Å². The van der Waals surface area contributed by atoms with Gasteiger partial charge in [0.2, 0.25) is 5.91 Å². The second kappa shape index (κ2) is 8.61. The van der Waals surface area contributed by atoms with E-state index in [0.29, 0.717) is 16.9 Å². The molecule has 146 valence electrons. The summed E-state index contributed by atoms with van der Waals surface area (Å²) in [6, 6.07) is 24.5. The highest BCUT2D eigenvalue weighted by Gasteiger charge is 2.20. The molecule has 0 saturated heterocycles. The number of hydrogen-bond donors (Lipinski definition) is 2. The molecule has 2 N–H and O–H groups in total. The highest BCUT2D eigenvalue weighted by atomic mass is 16.2. The molecule has 0 saturated carbocycles. The van der Waals surface area contributed by atoms with Crippen LogP contribution in [0.1, 0.15) is 22.3 Å². The monoisotopic (exact) mass is 385 g/mol. The van der Waals surface area contributed by atoms with Crippen molar-refractivity contribution in [3.05, 3.63) is 90.0 Å². The van der Waals surface area contributed by atoms with Gasteiger partial charge in [-0.3, -0.25) is 9.59 Å². The fraction of sp³-hybridized carbons (Fsp3) is 0.167. The van der Waals surface area contributed by atoms with Crippen LogP contribution in [0.2, 0.25) is 0 Å². The van der Waals surface area contributed by atoms with Crippen molar-refractivity contribution < 1.29 is 9.59 Å². The van der Waals surface area contributed by atoms with E-state index in [9.17, 15) is 9.59 Å². The van der Waals surface area contributed by atoms with Gasteiger partial charge in [0.15, 0.2) is 0 Å². The third-order valence-electron chi connectivity index (χ3n) is 5.02. The molecule has 5 nitrogen and oxygen atoms in total. The van der Waals surface area contributed by atoms with Gasteiger partial charge in [0.25, 0.3) is 5.91 Å². The van der Waals surface area contributed by atoms with E-state index in [1.165, 1.54) is 5.56 Å². The Balaban J connectivity index is 1.46. The van der Waals surface area contributed by atoms with Crippen molar-refractivity contribution in [2.24, 2.45) is 0 Å². The first-order chi connectivity index (χ1) is 14.2. The second-order valence-electron chi connectivity index (χ2n) is 7.07. The maximum absolute atomic E-state index is 12.7. The fourth-order valence-electron chi connectivity index (χ4n) is 3.65. The number of anilines is 3. The van der Waals surface area contributed by atoms with Crippen LogP contribution < -0.4 is 15.5 Å². The number of fused-ring (bicyclic) bond motifs is 1. The third kappa shape index (κ3) is 4.46. The van der Waals surface area contributed by atoms with E-state index in [1.54, 1.807) is 18.2 Å². The number of para-hydroxylation sites is 3.